The predicted octanol–water partition coefficient (Wildman–Crippen LogP) is 3.35. The van der Waals surface area contributed by atoms with Crippen LogP contribution in [0.1, 0.15) is 29.7 Å². The van der Waals surface area contributed by atoms with Crippen molar-refractivity contribution in [2.45, 2.75) is 19.4 Å². The largest absolute Gasteiger partial charge is 0.271 e. The number of pyridine rings is 1. The highest BCUT2D eigenvalue weighted by atomic mass is 15.2. The zero-order valence-corrected chi connectivity index (χ0v) is 12.1. The Labute approximate surface area is 124 Å². The number of aromatic nitrogens is 1. The molecular formula is C18H19N3. The van der Waals surface area contributed by atoms with Crippen LogP contribution in [0, 0.1) is 0 Å². The van der Waals surface area contributed by atoms with Crippen LogP contribution in [0.5, 0.6) is 0 Å². The molecule has 3 nitrogen and oxygen atoms in total. The van der Waals surface area contributed by atoms with Crippen LogP contribution in [0.25, 0.3) is 10.8 Å². The number of rotatable bonds is 4. The summed E-state index contributed by atoms with van der Waals surface area (Å²) in [4.78, 5) is 4.19. The van der Waals surface area contributed by atoms with Crippen LogP contribution in [0.3, 0.4) is 0 Å². The van der Waals surface area contributed by atoms with Gasteiger partial charge in [0, 0.05) is 17.8 Å². The highest BCUT2D eigenvalue weighted by Gasteiger charge is 2.17. The average molecular weight is 277 g/mol. The van der Waals surface area contributed by atoms with Crippen molar-refractivity contribution in [1.29, 1.82) is 0 Å². The van der Waals surface area contributed by atoms with Gasteiger partial charge in [0.15, 0.2) is 0 Å². The van der Waals surface area contributed by atoms with Crippen LogP contribution < -0.4 is 11.3 Å². The van der Waals surface area contributed by atoms with Gasteiger partial charge < -0.3 is 0 Å². The second-order valence-electron chi connectivity index (χ2n) is 5.10. The van der Waals surface area contributed by atoms with E-state index in [2.05, 4.69) is 59.8 Å². The van der Waals surface area contributed by atoms with Crippen molar-refractivity contribution in [1.82, 2.24) is 10.4 Å². The van der Waals surface area contributed by atoms with E-state index >= 15 is 0 Å². The first-order valence-electron chi connectivity index (χ1n) is 7.21. The Hall–Kier alpha value is -2.23. The number of benzene rings is 2. The van der Waals surface area contributed by atoms with E-state index < -0.39 is 0 Å². The monoisotopic (exact) mass is 277 g/mol. The highest BCUT2D eigenvalue weighted by molar-refractivity contribution is 5.85. The second kappa shape index (κ2) is 6.04. The first kappa shape index (κ1) is 13.7. The molecule has 1 unspecified atom stereocenters. The third-order valence-electron chi connectivity index (χ3n) is 3.94. The molecule has 2 aromatic carbocycles. The summed E-state index contributed by atoms with van der Waals surface area (Å²) < 4.78 is 0. The van der Waals surface area contributed by atoms with Crippen molar-refractivity contribution in [3.63, 3.8) is 0 Å². The number of nitrogens with two attached hydrogens (primary N) is 1. The van der Waals surface area contributed by atoms with Gasteiger partial charge in [-0.25, -0.2) is 5.43 Å². The second-order valence-corrected chi connectivity index (χ2v) is 5.10. The average Bonchev–Trinajstić information content (AvgIpc) is 2.56. The van der Waals surface area contributed by atoms with E-state index in [9.17, 15) is 0 Å². The van der Waals surface area contributed by atoms with Crippen molar-refractivity contribution in [3.8, 4) is 0 Å². The molecule has 0 aliphatic heterocycles. The van der Waals surface area contributed by atoms with Crippen molar-refractivity contribution < 1.29 is 0 Å². The van der Waals surface area contributed by atoms with Crippen LogP contribution in [-0.4, -0.2) is 4.98 Å². The Kier molecular flexibility index (Phi) is 3.95. The summed E-state index contributed by atoms with van der Waals surface area (Å²) in [5.74, 6) is 5.89. The molecule has 0 aliphatic rings. The molecule has 0 aliphatic carbocycles. The van der Waals surface area contributed by atoms with Crippen LogP contribution >= 0.6 is 0 Å². The number of hydrogen-bond donors (Lipinski definition) is 2. The summed E-state index contributed by atoms with van der Waals surface area (Å²) in [6, 6.07) is 16.7. The Morgan fingerprint density at radius 2 is 1.86 bits per heavy atom. The maximum absolute atomic E-state index is 5.89. The zero-order valence-electron chi connectivity index (χ0n) is 12.1. The molecule has 3 rings (SSSR count). The molecule has 3 N–H and O–H groups in total. The maximum Gasteiger partial charge on any atom is 0.0718 e. The van der Waals surface area contributed by atoms with Gasteiger partial charge in [-0.1, -0.05) is 49.4 Å². The molecule has 1 aromatic heterocycles. The third-order valence-corrected chi connectivity index (χ3v) is 3.94. The molecule has 0 spiro atoms. The van der Waals surface area contributed by atoms with Crippen LogP contribution in [0.15, 0.2) is 60.9 Å². The third kappa shape index (κ3) is 2.53. The molecule has 3 aromatic rings. The van der Waals surface area contributed by atoms with Crippen LogP contribution in [0.4, 0.5) is 0 Å². The quantitative estimate of drug-likeness (QED) is 0.568. The fourth-order valence-corrected chi connectivity index (χ4v) is 2.88. The molecule has 106 valence electrons. The Morgan fingerprint density at radius 1 is 1.05 bits per heavy atom. The Balaban J connectivity index is 2.19. The zero-order chi connectivity index (χ0) is 14.7. The number of fused-ring (bicyclic) bond motifs is 1. The minimum absolute atomic E-state index is 0.0211. The Morgan fingerprint density at radius 3 is 2.67 bits per heavy atom. The van der Waals surface area contributed by atoms with Gasteiger partial charge >= 0.3 is 0 Å². The number of hydrazine groups is 1. The lowest BCUT2D eigenvalue weighted by atomic mass is 9.91. The van der Waals surface area contributed by atoms with Crippen molar-refractivity contribution in [3.05, 3.63) is 77.6 Å². The van der Waals surface area contributed by atoms with E-state index in [1.54, 1.807) is 0 Å². The van der Waals surface area contributed by atoms with Crippen LogP contribution in [-0.2, 0) is 6.42 Å². The fourth-order valence-electron chi connectivity index (χ4n) is 2.88. The molecule has 0 saturated carbocycles. The fraction of sp³-hybridized carbons (Fsp3) is 0.167. The number of nitrogens with zero attached hydrogens (tertiary/aromatic N) is 1. The van der Waals surface area contributed by atoms with Crippen molar-refractivity contribution >= 4 is 10.8 Å². The molecule has 0 saturated heterocycles. The van der Waals surface area contributed by atoms with Gasteiger partial charge in [0.25, 0.3) is 0 Å². The topological polar surface area (TPSA) is 50.9 Å². The normalized spacial score (nSPS) is 12.5. The number of nitrogens with one attached hydrogen (secondary N) is 1. The van der Waals surface area contributed by atoms with E-state index in [1.807, 2.05) is 18.5 Å². The van der Waals surface area contributed by atoms with Gasteiger partial charge in [-0.2, -0.15) is 0 Å². The van der Waals surface area contributed by atoms with E-state index in [4.69, 9.17) is 5.84 Å². The summed E-state index contributed by atoms with van der Waals surface area (Å²) in [7, 11) is 0. The molecule has 0 bridgehead atoms. The Bertz CT molecular complexity index is 747. The first-order chi connectivity index (χ1) is 10.3. The summed E-state index contributed by atoms with van der Waals surface area (Å²) in [6.45, 7) is 2.17. The summed E-state index contributed by atoms with van der Waals surface area (Å²) in [5, 5.41) is 2.31. The molecule has 1 atom stereocenters. The first-order valence-corrected chi connectivity index (χ1v) is 7.21. The molecule has 0 radical (unpaired) electrons. The minimum Gasteiger partial charge on any atom is -0.271 e. The summed E-state index contributed by atoms with van der Waals surface area (Å²) in [6.07, 6.45) is 4.70. The van der Waals surface area contributed by atoms with Crippen LogP contribution in [0.2, 0.25) is 0 Å². The standard InChI is InChI=1S/C18H19N3/c1-2-13-6-3-4-8-16(13)18(21-19)17-9-5-7-14-12-20-11-10-15(14)17/h3-12,18,21H,2,19H2,1H3. The van der Waals surface area contributed by atoms with Crippen molar-refractivity contribution in [2.75, 3.05) is 0 Å². The van der Waals surface area contributed by atoms with Gasteiger partial charge in [0.1, 0.15) is 0 Å². The minimum atomic E-state index is -0.0211. The maximum atomic E-state index is 5.89. The van der Waals surface area contributed by atoms with E-state index in [1.165, 1.54) is 22.1 Å². The van der Waals surface area contributed by atoms with Gasteiger partial charge in [-0.3, -0.25) is 10.8 Å². The van der Waals surface area contributed by atoms with Gasteiger partial charge in [-0.05, 0) is 34.6 Å². The predicted molar refractivity (Wildman–Crippen MR) is 86.7 cm³/mol. The lowest BCUT2D eigenvalue weighted by molar-refractivity contribution is 0.635. The molecule has 21 heavy (non-hydrogen) atoms. The molecule has 0 amide bonds. The van der Waals surface area contributed by atoms with E-state index in [-0.39, 0.29) is 6.04 Å². The molecule has 1 heterocycles. The van der Waals surface area contributed by atoms with Crippen molar-refractivity contribution in [2.24, 2.45) is 5.84 Å². The number of hydrogen-bond acceptors (Lipinski definition) is 3. The lowest BCUT2D eigenvalue weighted by Gasteiger charge is -2.21. The highest BCUT2D eigenvalue weighted by Crippen LogP contribution is 2.30. The SMILES string of the molecule is CCc1ccccc1C(NN)c1cccc2cnccc12. The lowest BCUT2D eigenvalue weighted by Crippen LogP contribution is -2.29. The summed E-state index contributed by atoms with van der Waals surface area (Å²) in [5.41, 5.74) is 6.70. The van der Waals surface area contributed by atoms with Gasteiger partial charge in [0.05, 0.1) is 6.04 Å². The number of aryl methyl sites for hydroxylation is 1. The summed E-state index contributed by atoms with van der Waals surface area (Å²) >= 11 is 0. The van der Waals surface area contributed by atoms with E-state index in [0.717, 1.165) is 11.8 Å². The smallest absolute Gasteiger partial charge is 0.0718 e. The van der Waals surface area contributed by atoms with E-state index in [0.29, 0.717) is 0 Å². The molecule has 0 fully saturated rings. The molecular weight excluding hydrogens is 258 g/mol. The van der Waals surface area contributed by atoms with Gasteiger partial charge in [-0.15, -0.1) is 0 Å². The van der Waals surface area contributed by atoms with Gasteiger partial charge in [0.2, 0.25) is 0 Å². The molecule has 3 heteroatoms.